The molecular weight excluding hydrogens is 334 g/mol. The highest BCUT2D eigenvalue weighted by atomic mass is 16.7. The van der Waals surface area contributed by atoms with Gasteiger partial charge in [0.05, 0.1) is 0 Å². The van der Waals surface area contributed by atoms with E-state index in [-0.39, 0.29) is 12.7 Å². The van der Waals surface area contributed by atoms with Crippen molar-refractivity contribution in [3.05, 3.63) is 59.5 Å². The first-order valence-corrected chi connectivity index (χ1v) is 8.26. The van der Waals surface area contributed by atoms with Gasteiger partial charge >= 0.3 is 0 Å². The van der Waals surface area contributed by atoms with Gasteiger partial charge in [0.15, 0.2) is 11.5 Å². The summed E-state index contributed by atoms with van der Waals surface area (Å²) in [5.41, 5.74) is 2.55. The van der Waals surface area contributed by atoms with Crippen molar-refractivity contribution >= 4 is 5.91 Å². The minimum Gasteiger partial charge on any atom is -0.454 e. The summed E-state index contributed by atoms with van der Waals surface area (Å²) in [6.07, 6.45) is 0.453. The molecule has 7 heteroatoms. The van der Waals surface area contributed by atoms with Crippen molar-refractivity contribution in [2.75, 3.05) is 13.3 Å². The van der Waals surface area contributed by atoms with E-state index >= 15 is 0 Å². The Kier molecular flexibility index (Phi) is 4.27. The number of benzene rings is 2. The lowest BCUT2D eigenvalue weighted by molar-refractivity contribution is 0.0953. The van der Waals surface area contributed by atoms with Gasteiger partial charge in [0.25, 0.3) is 5.91 Å². The van der Waals surface area contributed by atoms with Crippen LogP contribution in [0.25, 0.3) is 11.4 Å². The SMILES string of the molecule is Cc1cccc(-c2noc(CCNC(=O)c3ccc4c(c3)OCO4)n2)c1. The number of carbonyl (C=O) groups excluding carboxylic acids is 1. The van der Waals surface area contributed by atoms with E-state index in [1.54, 1.807) is 18.2 Å². The number of carbonyl (C=O) groups is 1. The first-order chi connectivity index (χ1) is 12.7. The molecule has 0 bridgehead atoms. The third-order valence-corrected chi connectivity index (χ3v) is 4.00. The molecule has 1 aromatic heterocycles. The van der Waals surface area contributed by atoms with Gasteiger partial charge in [-0.05, 0) is 31.2 Å². The lowest BCUT2D eigenvalue weighted by Crippen LogP contribution is -2.25. The monoisotopic (exact) mass is 351 g/mol. The predicted octanol–water partition coefficient (Wildman–Crippen LogP) is 2.75. The molecule has 1 N–H and O–H groups in total. The van der Waals surface area contributed by atoms with Gasteiger partial charge in [0.1, 0.15) is 0 Å². The Labute approximate surface area is 149 Å². The van der Waals surface area contributed by atoms with E-state index < -0.39 is 0 Å². The summed E-state index contributed by atoms with van der Waals surface area (Å²) in [5, 5.41) is 6.83. The van der Waals surface area contributed by atoms with Crippen molar-refractivity contribution in [1.29, 1.82) is 0 Å². The van der Waals surface area contributed by atoms with Gasteiger partial charge in [0, 0.05) is 24.1 Å². The van der Waals surface area contributed by atoms with Crippen LogP contribution >= 0.6 is 0 Å². The number of nitrogens with zero attached hydrogens (tertiary/aromatic N) is 2. The van der Waals surface area contributed by atoms with Gasteiger partial charge < -0.3 is 19.3 Å². The highest BCUT2D eigenvalue weighted by molar-refractivity contribution is 5.94. The average molecular weight is 351 g/mol. The summed E-state index contributed by atoms with van der Waals surface area (Å²) < 4.78 is 15.8. The number of rotatable bonds is 5. The van der Waals surface area contributed by atoms with E-state index in [0.29, 0.717) is 41.7 Å². The molecule has 2 heterocycles. The summed E-state index contributed by atoms with van der Waals surface area (Å²) in [5.74, 6) is 2.06. The molecule has 1 amide bonds. The van der Waals surface area contributed by atoms with E-state index in [0.717, 1.165) is 11.1 Å². The van der Waals surface area contributed by atoms with Gasteiger partial charge in [-0.2, -0.15) is 4.98 Å². The largest absolute Gasteiger partial charge is 0.454 e. The van der Waals surface area contributed by atoms with E-state index in [1.807, 2.05) is 31.2 Å². The molecule has 0 fully saturated rings. The molecule has 4 rings (SSSR count). The quantitative estimate of drug-likeness (QED) is 0.761. The number of nitrogens with one attached hydrogen (secondary N) is 1. The van der Waals surface area contributed by atoms with Gasteiger partial charge in [-0.1, -0.05) is 28.9 Å². The molecule has 0 saturated carbocycles. The van der Waals surface area contributed by atoms with E-state index in [1.165, 1.54) is 0 Å². The highest BCUT2D eigenvalue weighted by Gasteiger charge is 2.16. The fourth-order valence-electron chi connectivity index (χ4n) is 2.68. The molecule has 26 heavy (non-hydrogen) atoms. The maximum atomic E-state index is 12.2. The molecule has 0 atom stereocenters. The maximum absolute atomic E-state index is 12.2. The lowest BCUT2D eigenvalue weighted by Gasteiger charge is -2.04. The molecule has 1 aliphatic rings. The lowest BCUT2D eigenvalue weighted by atomic mass is 10.1. The van der Waals surface area contributed by atoms with Crippen LogP contribution in [0.4, 0.5) is 0 Å². The fourth-order valence-corrected chi connectivity index (χ4v) is 2.68. The van der Waals surface area contributed by atoms with Crippen LogP contribution < -0.4 is 14.8 Å². The van der Waals surface area contributed by atoms with Crippen LogP contribution in [0.2, 0.25) is 0 Å². The van der Waals surface area contributed by atoms with E-state index in [4.69, 9.17) is 14.0 Å². The molecule has 0 unspecified atom stereocenters. The second-order valence-electron chi connectivity index (χ2n) is 5.96. The van der Waals surface area contributed by atoms with Crippen LogP contribution in [0.15, 0.2) is 47.0 Å². The first kappa shape index (κ1) is 16.1. The smallest absolute Gasteiger partial charge is 0.251 e. The van der Waals surface area contributed by atoms with Gasteiger partial charge in [0.2, 0.25) is 18.5 Å². The van der Waals surface area contributed by atoms with Crippen molar-refractivity contribution in [2.24, 2.45) is 0 Å². The molecule has 0 saturated heterocycles. The van der Waals surface area contributed by atoms with Crippen molar-refractivity contribution < 1.29 is 18.8 Å². The Hall–Kier alpha value is -3.35. The Morgan fingerprint density at radius 1 is 1.15 bits per heavy atom. The van der Waals surface area contributed by atoms with Crippen LogP contribution in [-0.2, 0) is 6.42 Å². The molecule has 1 aliphatic heterocycles. The maximum Gasteiger partial charge on any atom is 0.251 e. The van der Waals surface area contributed by atoms with Crippen LogP contribution in [0, 0.1) is 6.92 Å². The fraction of sp³-hybridized carbons (Fsp3) is 0.211. The Balaban J connectivity index is 1.34. The molecule has 132 valence electrons. The Morgan fingerprint density at radius 2 is 2.04 bits per heavy atom. The van der Waals surface area contributed by atoms with Crippen molar-refractivity contribution in [3.8, 4) is 22.9 Å². The number of aromatic nitrogens is 2. The van der Waals surface area contributed by atoms with Gasteiger partial charge in [-0.3, -0.25) is 4.79 Å². The summed E-state index contributed by atoms with van der Waals surface area (Å²) in [6.45, 7) is 2.58. The van der Waals surface area contributed by atoms with E-state index in [2.05, 4.69) is 15.5 Å². The van der Waals surface area contributed by atoms with Gasteiger partial charge in [-0.15, -0.1) is 0 Å². The average Bonchev–Trinajstić information content (AvgIpc) is 3.30. The molecular formula is C19H17N3O4. The second kappa shape index (κ2) is 6.87. The van der Waals surface area contributed by atoms with E-state index in [9.17, 15) is 4.79 Å². The number of amides is 1. The molecule has 0 radical (unpaired) electrons. The zero-order valence-electron chi connectivity index (χ0n) is 14.2. The highest BCUT2D eigenvalue weighted by Crippen LogP contribution is 2.32. The first-order valence-electron chi connectivity index (χ1n) is 8.26. The van der Waals surface area contributed by atoms with Crippen LogP contribution in [-0.4, -0.2) is 29.4 Å². The topological polar surface area (TPSA) is 86.5 Å². The standard InChI is InChI=1S/C19H17N3O4/c1-12-3-2-4-13(9-12)18-21-17(26-22-18)7-8-20-19(23)14-5-6-15-16(10-14)25-11-24-15/h2-6,9-10H,7-8,11H2,1H3,(H,20,23). The summed E-state index contributed by atoms with van der Waals surface area (Å²) in [7, 11) is 0. The number of fused-ring (bicyclic) bond motifs is 1. The van der Waals surface area contributed by atoms with Crippen LogP contribution in [0.3, 0.4) is 0 Å². The number of aryl methyl sites for hydroxylation is 1. The summed E-state index contributed by atoms with van der Waals surface area (Å²) >= 11 is 0. The summed E-state index contributed by atoms with van der Waals surface area (Å²) in [6, 6.07) is 13.0. The predicted molar refractivity (Wildman–Crippen MR) is 93.1 cm³/mol. The van der Waals surface area contributed by atoms with Crippen molar-refractivity contribution in [3.63, 3.8) is 0 Å². The number of ether oxygens (including phenoxy) is 2. The van der Waals surface area contributed by atoms with Crippen LogP contribution in [0.5, 0.6) is 11.5 Å². The zero-order valence-corrected chi connectivity index (χ0v) is 14.2. The molecule has 2 aromatic carbocycles. The third kappa shape index (κ3) is 3.37. The number of hydrogen-bond acceptors (Lipinski definition) is 6. The molecule has 0 spiro atoms. The molecule has 7 nitrogen and oxygen atoms in total. The van der Waals surface area contributed by atoms with Crippen molar-refractivity contribution in [2.45, 2.75) is 13.3 Å². The van der Waals surface area contributed by atoms with Crippen LogP contribution in [0.1, 0.15) is 21.8 Å². The zero-order chi connectivity index (χ0) is 17.9. The van der Waals surface area contributed by atoms with Crippen molar-refractivity contribution in [1.82, 2.24) is 15.5 Å². The summed E-state index contributed by atoms with van der Waals surface area (Å²) in [4.78, 5) is 16.6. The normalized spacial score (nSPS) is 12.2. The minimum absolute atomic E-state index is 0.181. The Morgan fingerprint density at radius 3 is 2.92 bits per heavy atom. The third-order valence-electron chi connectivity index (χ3n) is 4.00. The minimum atomic E-state index is -0.193. The molecule has 0 aliphatic carbocycles. The molecule has 3 aromatic rings. The number of hydrogen-bond donors (Lipinski definition) is 1. The second-order valence-corrected chi connectivity index (χ2v) is 5.96. The van der Waals surface area contributed by atoms with Gasteiger partial charge in [-0.25, -0.2) is 0 Å². The Bertz CT molecular complexity index is 951.